The molecule has 0 aliphatic heterocycles. The zero-order valence-corrected chi connectivity index (χ0v) is 7.74. The van der Waals surface area contributed by atoms with Crippen molar-refractivity contribution >= 4 is 5.95 Å². The maximum atomic E-state index is 4.99. The third-order valence-electron chi connectivity index (χ3n) is 1.61. The number of imidazole rings is 1. The molecule has 0 radical (unpaired) electrons. The first kappa shape index (κ1) is 9.06. The molecule has 0 aliphatic carbocycles. The minimum atomic E-state index is 0.288. The first-order valence-corrected chi connectivity index (χ1v) is 3.97. The van der Waals surface area contributed by atoms with E-state index in [0.717, 1.165) is 5.95 Å². The number of aryl methyl sites for hydroxylation is 1. The quantitative estimate of drug-likeness (QED) is 0.726. The monoisotopic (exact) mass is 169 g/mol. The number of ether oxygens (including phenoxy) is 1. The van der Waals surface area contributed by atoms with Crippen LogP contribution >= 0.6 is 0 Å². The van der Waals surface area contributed by atoms with Crippen molar-refractivity contribution in [2.75, 3.05) is 19.0 Å². The lowest BCUT2D eigenvalue weighted by atomic mass is 10.4. The highest BCUT2D eigenvalue weighted by atomic mass is 16.5. The number of hydrogen-bond donors (Lipinski definition) is 1. The van der Waals surface area contributed by atoms with E-state index < -0.39 is 0 Å². The van der Waals surface area contributed by atoms with Gasteiger partial charge in [0.2, 0.25) is 5.95 Å². The lowest BCUT2D eigenvalue weighted by Gasteiger charge is -2.12. The maximum absolute atomic E-state index is 4.99. The fraction of sp³-hybridized carbons (Fsp3) is 0.625. The largest absolute Gasteiger partial charge is 0.383 e. The molecule has 0 aliphatic rings. The predicted octanol–water partition coefficient (Wildman–Crippen LogP) is 0.867. The normalized spacial score (nSPS) is 12.9. The number of hydrogen-bond acceptors (Lipinski definition) is 3. The van der Waals surface area contributed by atoms with Crippen molar-refractivity contribution in [3.8, 4) is 0 Å². The number of nitrogens with one attached hydrogen (secondary N) is 1. The molecule has 1 aromatic heterocycles. The van der Waals surface area contributed by atoms with Gasteiger partial charge in [0.05, 0.1) is 6.61 Å². The van der Waals surface area contributed by atoms with Gasteiger partial charge in [0, 0.05) is 32.6 Å². The Kier molecular flexibility index (Phi) is 3.10. The van der Waals surface area contributed by atoms with Crippen LogP contribution in [0, 0.1) is 0 Å². The zero-order chi connectivity index (χ0) is 8.97. The van der Waals surface area contributed by atoms with Crippen LogP contribution in [0.25, 0.3) is 0 Å². The molecule has 1 rings (SSSR count). The van der Waals surface area contributed by atoms with Crippen molar-refractivity contribution in [1.29, 1.82) is 0 Å². The molecule has 1 heterocycles. The van der Waals surface area contributed by atoms with Gasteiger partial charge in [0.25, 0.3) is 0 Å². The molecule has 0 saturated carbocycles. The first-order chi connectivity index (χ1) is 5.74. The van der Waals surface area contributed by atoms with Gasteiger partial charge in [-0.3, -0.25) is 0 Å². The molecule has 1 unspecified atom stereocenters. The van der Waals surface area contributed by atoms with Gasteiger partial charge in [0.15, 0.2) is 0 Å². The number of aromatic nitrogens is 2. The SMILES string of the molecule is COCC(C)Nc1nccn1C. The molecule has 0 aromatic carbocycles. The summed E-state index contributed by atoms with van der Waals surface area (Å²) < 4.78 is 6.93. The minimum absolute atomic E-state index is 0.288. The van der Waals surface area contributed by atoms with Gasteiger partial charge >= 0.3 is 0 Å². The molecule has 1 aromatic rings. The summed E-state index contributed by atoms with van der Waals surface area (Å²) >= 11 is 0. The highest BCUT2D eigenvalue weighted by molar-refractivity contribution is 5.26. The molecule has 0 bridgehead atoms. The predicted molar refractivity (Wildman–Crippen MR) is 48.2 cm³/mol. The van der Waals surface area contributed by atoms with E-state index in [1.54, 1.807) is 13.3 Å². The van der Waals surface area contributed by atoms with E-state index in [4.69, 9.17) is 4.74 Å². The molecular weight excluding hydrogens is 154 g/mol. The van der Waals surface area contributed by atoms with Crippen molar-refractivity contribution in [3.63, 3.8) is 0 Å². The zero-order valence-electron chi connectivity index (χ0n) is 7.74. The van der Waals surface area contributed by atoms with Crippen molar-refractivity contribution in [3.05, 3.63) is 12.4 Å². The van der Waals surface area contributed by atoms with Gasteiger partial charge in [-0.15, -0.1) is 0 Å². The third kappa shape index (κ3) is 2.23. The molecule has 0 spiro atoms. The third-order valence-corrected chi connectivity index (χ3v) is 1.61. The Morgan fingerprint density at radius 3 is 3.00 bits per heavy atom. The van der Waals surface area contributed by atoms with Gasteiger partial charge in [0.1, 0.15) is 0 Å². The van der Waals surface area contributed by atoms with Crippen molar-refractivity contribution < 1.29 is 4.74 Å². The average molecular weight is 169 g/mol. The summed E-state index contributed by atoms with van der Waals surface area (Å²) in [7, 11) is 3.64. The van der Waals surface area contributed by atoms with Crippen LogP contribution in [0.1, 0.15) is 6.92 Å². The van der Waals surface area contributed by atoms with E-state index in [9.17, 15) is 0 Å². The summed E-state index contributed by atoms with van der Waals surface area (Å²) in [6, 6.07) is 0.288. The molecule has 0 saturated heterocycles. The summed E-state index contributed by atoms with van der Waals surface area (Å²) in [4.78, 5) is 4.13. The average Bonchev–Trinajstić information content (AvgIpc) is 2.37. The maximum Gasteiger partial charge on any atom is 0.202 e. The van der Waals surface area contributed by atoms with E-state index in [0.29, 0.717) is 6.61 Å². The highest BCUT2D eigenvalue weighted by Crippen LogP contribution is 2.02. The summed E-state index contributed by atoms with van der Waals surface area (Å²) in [5.41, 5.74) is 0. The summed E-state index contributed by atoms with van der Waals surface area (Å²) in [5, 5.41) is 3.22. The first-order valence-electron chi connectivity index (χ1n) is 3.97. The summed E-state index contributed by atoms with van der Waals surface area (Å²) in [6.45, 7) is 2.74. The molecule has 12 heavy (non-hydrogen) atoms. The molecular formula is C8H15N3O. The van der Waals surface area contributed by atoms with Crippen LogP contribution in [0.5, 0.6) is 0 Å². The number of nitrogens with zero attached hydrogens (tertiary/aromatic N) is 2. The van der Waals surface area contributed by atoms with Gasteiger partial charge in [-0.1, -0.05) is 0 Å². The molecule has 4 heteroatoms. The lowest BCUT2D eigenvalue weighted by Crippen LogP contribution is -2.22. The second-order valence-electron chi connectivity index (χ2n) is 2.86. The molecule has 68 valence electrons. The van der Waals surface area contributed by atoms with Crippen molar-refractivity contribution in [2.45, 2.75) is 13.0 Å². The lowest BCUT2D eigenvalue weighted by molar-refractivity contribution is 0.190. The van der Waals surface area contributed by atoms with Gasteiger partial charge < -0.3 is 14.6 Å². The second-order valence-corrected chi connectivity index (χ2v) is 2.86. The molecule has 1 N–H and O–H groups in total. The van der Waals surface area contributed by atoms with E-state index in [1.807, 2.05) is 17.8 Å². The Balaban J connectivity index is 2.46. The van der Waals surface area contributed by atoms with E-state index in [1.165, 1.54) is 0 Å². The van der Waals surface area contributed by atoms with Gasteiger partial charge in [-0.05, 0) is 6.92 Å². The Labute approximate surface area is 72.6 Å². The molecule has 0 fully saturated rings. The Morgan fingerprint density at radius 2 is 2.50 bits per heavy atom. The van der Waals surface area contributed by atoms with Crippen molar-refractivity contribution in [2.24, 2.45) is 7.05 Å². The molecule has 0 amide bonds. The Hall–Kier alpha value is -1.03. The van der Waals surface area contributed by atoms with Gasteiger partial charge in [-0.25, -0.2) is 4.98 Å². The Morgan fingerprint density at radius 1 is 1.75 bits per heavy atom. The fourth-order valence-electron chi connectivity index (χ4n) is 1.02. The van der Waals surface area contributed by atoms with Crippen molar-refractivity contribution in [1.82, 2.24) is 9.55 Å². The number of rotatable bonds is 4. The van der Waals surface area contributed by atoms with Crippen LogP contribution in [0.3, 0.4) is 0 Å². The van der Waals surface area contributed by atoms with Crippen LogP contribution in [0.2, 0.25) is 0 Å². The minimum Gasteiger partial charge on any atom is -0.383 e. The van der Waals surface area contributed by atoms with Crippen LogP contribution < -0.4 is 5.32 Å². The summed E-state index contributed by atoms with van der Waals surface area (Å²) in [5.74, 6) is 0.875. The second kappa shape index (κ2) is 4.11. The number of anilines is 1. The van der Waals surface area contributed by atoms with Crippen LogP contribution in [0.15, 0.2) is 12.4 Å². The number of methoxy groups -OCH3 is 1. The highest BCUT2D eigenvalue weighted by Gasteiger charge is 2.03. The standard InChI is InChI=1S/C8H15N3O/c1-7(6-12-3)10-8-9-4-5-11(8)2/h4-5,7H,6H2,1-3H3,(H,9,10). The van der Waals surface area contributed by atoms with E-state index in [-0.39, 0.29) is 6.04 Å². The van der Waals surface area contributed by atoms with E-state index in [2.05, 4.69) is 17.2 Å². The smallest absolute Gasteiger partial charge is 0.202 e. The van der Waals surface area contributed by atoms with Crippen LogP contribution in [-0.4, -0.2) is 29.3 Å². The van der Waals surface area contributed by atoms with Crippen LogP contribution in [0.4, 0.5) is 5.95 Å². The fourth-order valence-corrected chi connectivity index (χ4v) is 1.02. The molecule has 1 atom stereocenters. The van der Waals surface area contributed by atoms with Gasteiger partial charge in [-0.2, -0.15) is 0 Å². The summed E-state index contributed by atoms with van der Waals surface area (Å²) in [6.07, 6.45) is 3.67. The van der Waals surface area contributed by atoms with Crippen LogP contribution in [-0.2, 0) is 11.8 Å². The van der Waals surface area contributed by atoms with E-state index >= 15 is 0 Å². The Bertz CT molecular complexity index is 234. The topological polar surface area (TPSA) is 39.1 Å². The molecule has 4 nitrogen and oxygen atoms in total.